The number of rotatable bonds is 6. The van der Waals surface area contributed by atoms with Gasteiger partial charge < -0.3 is 9.47 Å². The molecule has 0 aliphatic heterocycles. The van der Waals surface area contributed by atoms with Crippen molar-refractivity contribution in [3.8, 4) is 11.5 Å². The van der Waals surface area contributed by atoms with Gasteiger partial charge in [-0.2, -0.15) is 0 Å². The van der Waals surface area contributed by atoms with Crippen LogP contribution in [0.5, 0.6) is 11.5 Å². The molecule has 0 fully saturated rings. The van der Waals surface area contributed by atoms with Crippen molar-refractivity contribution >= 4 is 11.0 Å². The van der Waals surface area contributed by atoms with E-state index in [9.17, 15) is 4.21 Å². The van der Waals surface area contributed by atoms with E-state index < -0.39 is 11.0 Å². The van der Waals surface area contributed by atoms with Gasteiger partial charge in [-0.05, 0) is 24.6 Å². The van der Waals surface area contributed by atoms with E-state index in [-0.39, 0.29) is 0 Å². The Morgan fingerprint density at radius 2 is 1.76 bits per heavy atom. The molecule has 0 radical (unpaired) electrons. The van der Waals surface area contributed by atoms with Crippen molar-refractivity contribution in [2.24, 2.45) is 0 Å². The van der Waals surface area contributed by atoms with E-state index in [0.717, 1.165) is 16.9 Å². The second-order valence-corrected chi connectivity index (χ2v) is 5.77. The molecule has 2 aromatic rings. The Hall–Kier alpha value is -1.85. The summed E-state index contributed by atoms with van der Waals surface area (Å²) in [5.41, 5.74) is 1.92. The van der Waals surface area contributed by atoms with Gasteiger partial charge in [0.05, 0.1) is 19.1 Å². The van der Waals surface area contributed by atoms with E-state index in [1.807, 2.05) is 37.3 Å². The summed E-state index contributed by atoms with van der Waals surface area (Å²) in [6.07, 6.45) is 0. The normalized spacial score (nSPS) is 12.0. The number of hydrogen-bond acceptors (Lipinski definition) is 3. The van der Waals surface area contributed by atoms with Gasteiger partial charge in [-0.15, -0.1) is 0 Å². The molecule has 0 amide bonds. The Balaban J connectivity index is 2.17. The first kappa shape index (κ1) is 15.5. The van der Waals surface area contributed by atoms with Crippen molar-refractivity contribution in [3.63, 3.8) is 0 Å². The largest absolute Gasteiger partial charge is 0.496 e. The third-order valence-electron chi connectivity index (χ3n) is 3.19. The highest BCUT2D eigenvalue weighted by molar-refractivity contribution is 7.83. The highest BCUT2D eigenvalue weighted by Crippen LogP contribution is 2.32. The maximum absolute atomic E-state index is 12.4. The molecule has 2 aromatic carbocycles. The Morgan fingerprint density at radius 3 is 2.38 bits per heavy atom. The Bertz CT molecular complexity index is 629. The van der Waals surface area contributed by atoms with Crippen LogP contribution in [0.3, 0.4) is 0 Å². The average molecular weight is 305 g/mol. The van der Waals surface area contributed by atoms with Crippen LogP contribution in [0.25, 0.3) is 0 Å². The first-order chi connectivity index (χ1) is 10.2. The van der Waals surface area contributed by atoms with Gasteiger partial charge in [-0.25, -0.2) is 8.93 Å². The summed E-state index contributed by atoms with van der Waals surface area (Å²) in [5.74, 6) is 1.31. The third-order valence-corrected chi connectivity index (χ3v) is 4.32. The molecule has 0 aliphatic rings. The van der Waals surface area contributed by atoms with Gasteiger partial charge in [0.1, 0.15) is 22.5 Å². The van der Waals surface area contributed by atoms with Crippen molar-refractivity contribution in [2.75, 3.05) is 14.2 Å². The summed E-state index contributed by atoms with van der Waals surface area (Å²) in [7, 11) is 1.83. The molecule has 0 spiro atoms. The molecule has 4 nitrogen and oxygen atoms in total. The smallest absolute Gasteiger partial charge is 0.142 e. The van der Waals surface area contributed by atoms with E-state index in [0.29, 0.717) is 17.2 Å². The number of hydrogen-bond donors (Lipinski definition) is 1. The van der Waals surface area contributed by atoms with Crippen LogP contribution >= 0.6 is 0 Å². The van der Waals surface area contributed by atoms with Crippen LogP contribution in [-0.2, 0) is 17.5 Å². The molecule has 1 atom stereocenters. The van der Waals surface area contributed by atoms with Crippen molar-refractivity contribution in [2.45, 2.75) is 18.4 Å². The fraction of sp³-hybridized carbons (Fsp3) is 0.250. The standard InChI is InChI=1S/C16H19NO3S/c1-12-14(19-2)9-10-15(16(12)20-3)21(18)17-11-13-7-5-4-6-8-13/h4-10,17H,11H2,1-3H3/t21-/m0/s1. The van der Waals surface area contributed by atoms with Crippen LogP contribution < -0.4 is 14.2 Å². The predicted octanol–water partition coefficient (Wildman–Crippen LogP) is 2.82. The fourth-order valence-electron chi connectivity index (χ4n) is 2.09. The van der Waals surface area contributed by atoms with Gasteiger partial charge >= 0.3 is 0 Å². The number of benzene rings is 2. The minimum atomic E-state index is -1.35. The topological polar surface area (TPSA) is 47.6 Å². The molecule has 0 aliphatic carbocycles. The van der Waals surface area contributed by atoms with Gasteiger partial charge in [0.15, 0.2) is 0 Å². The summed E-state index contributed by atoms with van der Waals surface area (Å²) in [4.78, 5) is 0.617. The zero-order valence-corrected chi connectivity index (χ0v) is 13.2. The van der Waals surface area contributed by atoms with Crippen LogP contribution in [0.2, 0.25) is 0 Å². The number of ether oxygens (including phenoxy) is 2. The third kappa shape index (κ3) is 3.62. The van der Waals surface area contributed by atoms with Gasteiger partial charge in [0, 0.05) is 12.1 Å². The van der Waals surface area contributed by atoms with Gasteiger partial charge in [0.25, 0.3) is 0 Å². The van der Waals surface area contributed by atoms with Gasteiger partial charge in [-0.3, -0.25) is 0 Å². The second-order valence-electron chi connectivity index (χ2n) is 4.50. The van der Waals surface area contributed by atoms with E-state index in [2.05, 4.69) is 4.72 Å². The molecule has 21 heavy (non-hydrogen) atoms. The van der Waals surface area contributed by atoms with Gasteiger partial charge in [-0.1, -0.05) is 30.3 Å². The van der Waals surface area contributed by atoms with Crippen molar-refractivity contribution in [1.29, 1.82) is 0 Å². The van der Waals surface area contributed by atoms with Crippen molar-refractivity contribution in [3.05, 3.63) is 53.6 Å². The molecular weight excluding hydrogens is 286 g/mol. The summed E-state index contributed by atoms with van der Waals surface area (Å²) < 4.78 is 26.1. The van der Waals surface area contributed by atoms with E-state index in [1.165, 1.54) is 0 Å². The second kappa shape index (κ2) is 7.24. The first-order valence-corrected chi connectivity index (χ1v) is 7.73. The highest BCUT2D eigenvalue weighted by Gasteiger charge is 2.16. The van der Waals surface area contributed by atoms with Crippen LogP contribution in [0, 0.1) is 6.92 Å². The lowest BCUT2D eigenvalue weighted by Gasteiger charge is -2.14. The molecule has 0 bridgehead atoms. The lowest BCUT2D eigenvalue weighted by atomic mass is 10.2. The number of nitrogens with one attached hydrogen (secondary N) is 1. The molecule has 0 saturated heterocycles. The van der Waals surface area contributed by atoms with Crippen LogP contribution in [0.1, 0.15) is 11.1 Å². The molecule has 0 saturated carbocycles. The molecule has 0 aromatic heterocycles. The molecular formula is C16H19NO3S. The Labute approximate surface area is 127 Å². The van der Waals surface area contributed by atoms with Crippen molar-refractivity contribution in [1.82, 2.24) is 4.72 Å². The quantitative estimate of drug-likeness (QED) is 0.892. The minimum absolute atomic E-state index is 0.529. The van der Waals surface area contributed by atoms with Crippen LogP contribution in [0.15, 0.2) is 47.4 Å². The predicted molar refractivity (Wildman–Crippen MR) is 84.0 cm³/mol. The zero-order valence-electron chi connectivity index (χ0n) is 12.4. The summed E-state index contributed by atoms with van der Waals surface area (Å²) >= 11 is 0. The summed E-state index contributed by atoms with van der Waals surface area (Å²) in [6, 6.07) is 13.4. The SMILES string of the molecule is COc1ccc([S@](=O)NCc2ccccc2)c(OC)c1C. The maximum Gasteiger partial charge on any atom is 0.142 e. The molecule has 2 rings (SSSR count). The van der Waals surface area contributed by atoms with Crippen LogP contribution in [-0.4, -0.2) is 18.4 Å². The summed E-state index contributed by atoms with van der Waals surface area (Å²) in [5, 5.41) is 0. The van der Waals surface area contributed by atoms with Crippen molar-refractivity contribution < 1.29 is 13.7 Å². The molecule has 5 heteroatoms. The molecule has 0 unspecified atom stereocenters. The Kier molecular flexibility index (Phi) is 5.36. The minimum Gasteiger partial charge on any atom is -0.496 e. The lowest BCUT2D eigenvalue weighted by molar-refractivity contribution is 0.381. The Morgan fingerprint density at radius 1 is 1.05 bits per heavy atom. The van der Waals surface area contributed by atoms with E-state index in [1.54, 1.807) is 26.4 Å². The molecule has 0 heterocycles. The first-order valence-electron chi connectivity index (χ1n) is 6.58. The average Bonchev–Trinajstić information content (AvgIpc) is 2.53. The summed E-state index contributed by atoms with van der Waals surface area (Å²) in [6.45, 7) is 2.41. The van der Waals surface area contributed by atoms with Crippen LogP contribution in [0.4, 0.5) is 0 Å². The number of methoxy groups -OCH3 is 2. The maximum atomic E-state index is 12.4. The molecule has 1 N–H and O–H groups in total. The van der Waals surface area contributed by atoms with E-state index >= 15 is 0 Å². The highest BCUT2D eigenvalue weighted by atomic mass is 32.2. The molecule has 112 valence electrons. The fourth-order valence-corrected chi connectivity index (χ4v) is 3.14. The lowest BCUT2D eigenvalue weighted by Crippen LogP contribution is -2.17. The van der Waals surface area contributed by atoms with Gasteiger partial charge in [0.2, 0.25) is 0 Å². The zero-order chi connectivity index (χ0) is 15.2. The van der Waals surface area contributed by atoms with E-state index in [4.69, 9.17) is 9.47 Å². The monoisotopic (exact) mass is 305 g/mol.